The van der Waals surface area contributed by atoms with E-state index in [1.165, 1.54) is 0 Å². The van der Waals surface area contributed by atoms with Crippen molar-refractivity contribution in [2.24, 2.45) is 5.73 Å². The summed E-state index contributed by atoms with van der Waals surface area (Å²) in [6, 6.07) is 7.69. The van der Waals surface area contributed by atoms with E-state index >= 15 is 0 Å². The number of benzene rings is 1. The Kier molecular flexibility index (Phi) is 3.94. The second-order valence-corrected chi connectivity index (χ2v) is 2.89. The monoisotopic (exact) mass is 192 g/mol. The first-order chi connectivity index (χ1) is 6.79. The Bertz CT molecular complexity index is 309. The molecule has 4 nitrogen and oxygen atoms in total. The van der Waals surface area contributed by atoms with E-state index in [9.17, 15) is 0 Å². The van der Waals surface area contributed by atoms with Gasteiger partial charge in [0.15, 0.2) is 0 Å². The fourth-order valence-electron chi connectivity index (χ4n) is 1.21. The van der Waals surface area contributed by atoms with Gasteiger partial charge in [0.05, 0.1) is 0 Å². The van der Waals surface area contributed by atoms with Gasteiger partial charge in [-0.25, -0.2) is 0 Å². The van der Waals surface area contributed by atoms with Gasteiger partial charge in [0.1, 0.15) is 5.84 Å². The highest BCUT2D eigenvalue weighted by Gasteiger charge is 2.04. The summed E-state index contributed by atoms with van der Waals surface area (Å²) in [6.45, 7) is 1.15. The molecule has 0 spiro atoms. The maximum absolute atomic E-state index is 7.77. The van der Waals surface area contributed by atoms with E-state index in [0.29, 0.717) is 18.9 Å². The molecule has 0 aliphatic heterocycles. The number of para-hydroxylation sites is 1. The minimum atomic E-state index is 0.403. The van der Waals surface area contributed by atoms with Crippen LogP contribution in [-0.4, -0.2) is 26.0 Å². The number of rotatable bonds is 4. The van der Waals surface area contributed by atoms with Gasteiger partial charge in [-0.2, -0.15) is 0 Å². The molecule has 1 aromatic rings. The summed E-state index contributed by atoms with van der Waals surface area (Å²) < 4.78 is 0. The highest BCUT2D eigenvalue weighted by atomic mass is 15.0. The molecule has 14 heavy (non-hydrogen) atoms. The van der Waals surface area contributed by atoms with E-state index < -0.39 is 0 Å². The lowest BCUT2D eigenvalue weighted by Crippen LogP contribution is -2.29. The first kappa shape index (κ1) is 10.5. The van der Waals surface area contributed by atoms with Crippen molar-refractivity contribution in [3.05, 3.63) is 29.8 Å². The molecule has 4 heteroatoms. The summed E-state index contributed by atoms with van der Waals surface area (Å²) in [7, 11) is 1.84. The molecule has 5 N–H and O–H groups in total. The van der Waals surface area contributed by atoms with Crippen LogP contribution >= 0.6 is 0 Å². The third-order valence-electron chi connectivity index (χ3n) is 1.91. The molecule has 0 radical (unpaired) electrons. The standard InChI is InChI=1S/C10H16N4/c1-13-9-5-3-2-4-8(9)10(12)14-7-6-11/h2-5,13H,6-7,11H2,1H3,(H2,12,14). The van der Waals surface area contributed by atoms with Crippen LogP contribution in [0.25, 0.3) is 0 Å². The van der Waals surface area contributed by atoms with Crippen LogP contribution in [0.3, 0.4) is 0 Å². The van der Waals surface area contributed by atoms with E-state index in [-0.39, 0.29) is 0 Å². The van der Waals surface area contributed by atoms with Gasteiger partial charge < -0.3 is 16.4 Å². The zero-order chi connectivity index (χ0) is 10.4. The maximum Gasteiger partial charge on any atom is 0.127 e. The van der Waals surface area contributed by atoms with Crippen molar-refractivity contribution >= 4 is 11.5 Å². The largest absolute Gasteiger partial charge is 0.388 e. The molecule has 76 valence electrons. The second-order valence-electron chi connectivity index (χ2n) is 2.89. The van der Waals surface area contributed by atoms with Gasteiger partial charge in [0, 0.05) is 31.4 Å². The number of amidine groups is 1. The van der Waals surface area contributed by atoms with Crippen molar-refractivity contribution in [3.63, 3.8) is 0 Å². The molecule has 0 aromatic heterocycles. The predicted octanol–water partition coefficient (Wildman–Crippen LogP) is 0.602. The zero-order valence-corrected chi connectivity index (χ0v) is 8.30. The van der Waals surface area contributed by atoms with Gasteiger partial charge in [-0.3, -0.25) is 5.41 Å². The average molecular weight is 192 g/mol. The van der Waals surface area contributed by atoms with Crippen molar-refractivity contribution in [1.82, 2.24) is 5.32 Å². The van der Waals surface area contributed by atoms with Crippen molar-refractivity contribution in [2.45, 2.75) is 0 Å². The van der Waals surface area contributed by atoms with Crippen LogP contribution in [0.2, 0.25) is 0 Å². The topological polar surface area (TPSA) is 73.9 Å². The van der Waals surface area contributed by atoms with Crippen LogP contribution in [0.15, 0.2) is 24.3 Å². The van der Waals surface area contributed by atoms with Crippen molar-refractivity contribution in [2.75, 3.05) is 25.5 Å². The zero-order valence-electron chi connectivity index (χ0n) is 8.30. The molecule has 0 heterocycles. The molecule has 0 amide bonds. The van der Waals surface area contributed by atoms with E-state index in [1.807, 2.05) is 31.3 Å². The summed E-state index contributed by atoms with van der Waals surface area (Å²) in [5.41, 5.74) is 7.16. The van der Waals surface area contributed by atoms with E-state index in [2.05, 4.69) is 10.6 Å². The summed E-state index contributed by atoms with van der Waals surface area (Å²) in [4.78, 5) is 0. The van der Waals surface area contributed by atoms with Crippen molar-refractivity contribution < 1.29 is 0 Å². The fourth-order valence-corrected chi connectivity index (χ4v) is 1.21. The van der Waals surface area contributed by atoms with Crippen LogP contribution in [0, 0.1) is 5.41 Å². The third kappa shape index (κ3) is 2.47. The van der Waals surface area contributed by atoms with Gasteiger partial charge in [0.25, 0.3) is 0 Å². The second kappa shape index (κ2) is 5.24. The molecule has 0 unspecified atom stereocenters. The Morgan fingerprint density at radius 1 is 1.43 bits per heavy atom. The van der Waals surface area contributed by atoms with Gasteiger partial charge in [-0.1, -0.05) is 12.1 Å². The van der Waals surface area contributed by atoms with E-state index in [4.69, 9.17) is 11.1 Å². The van der Waals surface area contributed by atoms with Crippen LogP contribution in [0.4, 0.5) is 5.69 Å². The third-order valence-corrected chi connectivity index (χ3v) is 1.91. The fraction of sp³-hybridized carbons (Fsp3) is 0.300. The highest BCUT2D eigenvalue weighted by molar-refractivity contribution is 6.01. The summed E-state index contributed by atoms with van der Waals surface area (Å²) in [6.07, 6.45) is 0. The Morgan fingerprint density at radius 2 is 2.14 bits per heavy atom. The number of nitrogens with two attached hydrogens (primary N) is 1. The summed E-state index contributed by atoms with van der Waals surface area (Å²) in [5, 5.41) is 13.8. The molecule has 0 fully saturated rings. The number of nitrogens with one attached hydrogen (secondary N) is 3. The minimum Gasteiger partial charge on any atom is -0.388 e. The molecule has 0 aliphatic carbocycles. The molecule has 0 saturated carbocycles. The Labute approximate surface area is 84.0 Å². The molecular weight excluding hydrogens is 176 g/mol. The van der Waals surface area contributed by atoms with Gasteiger partial charge in [0.2, 0.25) is 0 Å². The lowest BCUT2D eigenvalue weighted by atomic mass is 10.1. The normalized spacial score (nSPS) is 9.57. The smallest absolute Gasteiger partial charge is 0.127 e. The minimum absolute atomic E-state index is 0.403. The number of anilines is 1. The number of hydrogen-bond donors (Lipinski definition) is 4. The first-order valence-corrected chi connectivity index (χ1v) is 4.59. The van der Waals surface area contributed by atoms with Gasteiger partial charge in [-0.15, -0.1) is 0 Å². The van der Waals surface area contributed by atoms with Crippen molar-refractivity contribution in [3.8, 4) is 0 Å². The SMILES string of the molecule is CNc1ccccc1C(=N)NCCN. The highest BCUT2D eigenvalue weighted by Crippen LogP contribution is 2.13. The molecule has 1 rings (SSSR count). The first-order valence-electron chi connectivity index (χ1n) is 4.59. The van der Waals surface area contributed by atoms with Gasteiger partial charge in [-0.05, 0) is 12.1 Å². The Morgan fingerprint density at radius 3 is 2.79 bits per heavy atom. The molecule has 0 aliphatic rings. The van der Waals surface area contributed by atoms with Crippen LogP contribution in [-0.2, 0) is 0 Å². The van der Waals surface area contributed by atoms with Crippen molar-refractivity contribution in [1.29, 1.82) is 5.41 Å². The molecule has 0 saturated heterocycles. The average Bonchev–Trinajstić information content (AvgIpc) is 2.25. The van der Waals surface area contributed by atoms with Crippen LogP contribution in [0.1, 0.15) is 5.56 Å². The lowest BCUT2D eigenvalue weighted by molar-refractivity contribution is 0.871. The summed E-state index contributed by atoms with van der Waals surface area (Å²) >= 11 is 0. The molecular formula is C10H16N4. The Hall–Kier alpha value is -1.55. The predicted molar refractivity (Wildman–Crippen MR) is 59.9 cm³/mol. The molecule has 0 bridgehead atoms. The number of hydrogen-bond acceptors (Lipinski definition) is 3. The molecule has 1 aromatic carbocycles. The Balaban J connectivity index is 2.78. The van der Waals surface area contributed by atoms with E-state index in [0.717, 1.165) is 11.3 Å². The summed E-state index contributed by atoms with van der Waals surface area (Å²) in [5.74, 6) is 0.403. The van der Waals surface area contributed by atoms with E-state index in [1.54, 1.807) is 0 Å². The maximum atomic E-state index is 7.77. The van der Waals surface area contributed by atoms with Crippen LogP contribution in [0.5, 0.6) is 0 Å². The quantitative estimate of drug-likeness (QED) is 0.417. The van der Waals surface area contributed by atoms with Crippen LogP contribution < -0.4 is 16.4 Å². The lowest BCUT2D eigenvalue weighted by Gasteiger charge is -2.11. The van der Waals surface area contributed by atoms with Gasteiger partial charge >= 0.3 is 0 Å². The molecule has 0 atom stereocenters.